The van der Waals surface area contributed by atoms with Gasteiger partial charge in [-0.3, -0.25) is 9.69 Å². The molecule has 1 unspecified atom stereocenters. The van der Waals surface area contributed by atoms with Gasteiger partial charge in [0.2, 0.25) is 5.91 Å². The number of pyridine rings is 1. The summed E-state index contributed by atoms with van der Waals surface area (Å²) in [6.07, 6.45) is 6.11. The van der Waals surface area contributed by atoms with Crippen LogP contribution in [0.2, 0.25) is 0 Å². The van der Waals surface area contributed by atoms with Gasteiger partial charge in [0.15, 0.2) is 5.65 Å². The first-order valence-corrected chi connectivity index (χ1v) is 14.7. The third-order valence-electron chi connectivity index (χ3n) is 9.28. The highest BCUT2D eigenvalue weighted by Gasteiger charge is 2.46. The third-order valence-corrected chi connectivity index (χ3v) is 10.6. The molecule has 8 nitrogen and oxygen atoms in total. The molecule has 2 bridgehead atoms. The zero-order chi connectivity index (χ0) is 26.3. The quantitative estimate of drug-likeness (QED) is 0.377. The Balaban J connectivity index is 1.19. The van der Waals surface area contributed by atoms with Crippen LogP contribution in [0.25, 0.3) is 27.1 Å². The molecule has 0 spiro atoms. The monoisotopic (exact) mass is 532 g/mol. The van der Waals surface area contributed by atoms with Crippen molar-refractivity contribution < 1.29 is 9.53 Å². The lowest BCUT2D eigenvalue weighted by molar-refractivity contribution is -0.126. The summed E-state index contributed by atoms with van der Waals surface area (Å²) in [5, 5.41) is 8.95. The van der Waals surface area contributed by atoms with E-state index in [1.807, 2.05) is 15.9 Å². The highest BCUT2D eigenvalue weighted by atomic mass is 32.1. The molecule has 7 rings (SSSR count). The molecule has 4 aromatic rings. The van der Waals surface area contributed by atoms with Crippen LogP contribution in [0.5, 0.6) is 0 Å². The molecule has 9 heteroatoms. The van der Waals surface area contributed by atoms with E-state index in [9.17, 15) is 4.79 Å². The van der Waals surface area contributed by atoms with Gasteiger partial charge in [0.1, 0.15) is 11.2 Å². The van der Waals surface area contributed by atoms with Gasteiger partial charge in [-0.1, -0.05) is 13.8 Å². The van der Waals surface area contributed by atoms with Gasteiger partial charge in [-0.15, -0.1) is 11.3 Å². The number of thiophene rings is 1. The Bertz CT molecular complexity index is 1560. The fraction of sp³-hybridized carbons (Fsp3) is 0.552. The van der Waals surface area contributed by atoms with Gasteiger partial charge in [-0.2, -0.15) is 5.10 Å². The maximum atomic E-state index is 12.5. The van der Waals surface area contributed by atoms with E-state index < -0.39 is 0 Å². The van der Waals surface area contributed by atoms with E-state index in [1.54, 1.807) is 11.2 Å². The second kappa shape index (κ2) is 8.89. The SMILES string of the molecule is Cc1c(-c2[nH]c3sc([C@@H]4CC5C[C@H]4CN5CC(=O)NC4COC4)c(C)c3c2C(C)C)cn2ncnc2c1C. The molecule has 2 N–H and O–H groups in total. The molecule has 0 aromatic carbocycles. The normalized spacial score (nSPS) is 23.8. The molecule has 38 heavy (non-hydrogen) atoms. The maximum Gasteiger partial charge on any atom is 0.234 e. The summed E-state index contributed by atoms with van der Waals surface area (Å²) >= 11 is 1.96. The van der Waals surface area contributed by atoms with Gasteiger partial charge in [0.25, 0.3) is 0 Å². The Labute approximate surface area is 226 Å². The first kappa shape index (κ1) is 24.3. The zero-order valence-corrected chi connectivity index (χ0v) is 23.6. The minimum Gasteiger partial charge on any atom is -0.377 e. The molecule has 200 valence electrons. The number of H-pyrrole nitrogens is 1. The van der Waals surface area contributed by atoms with E-state index >= 15 is 0 Å². The summed E-state index contributed by atoms with van der Waals surface area (Å²) in [5.74, 6) is 1.75. The smallest absolute Gasteiger partial charge is 0.234 e. The summed E-state index contributed by atoms with van der Waals surface area (Å²) in [5.41, 5.74) is 8.62. The second-order valence-corrected chi connectivity index (χ2v) is 13.0. The fourth-order valence-electron chi connectivity index (χ4n) is 7.18. The van der Waals surface area contributed by atoms with Crippen LogP contribution in [-0.4, -0.2) is 68.8 Å². The van der Waals surface area contributed by atoms with Gasteiger partial charge < -0.3 is 15.0 Å². The van der Waals surface area contributed by atoms with Crippen LogP contribution in [0.4, 0.5) is 0 Å². The molecular weight excluding hydrogens is 496 g/mol. The van der Waals surface area contributed by atoms with Crippen LogP contribution in [0.15, 0.2) is 12.5 Å². The fourth-order valence-corrected chi connectivity index (χ4v) is 8.62. The van der Waals surface area contributed by atoms with Crippen molar-refractivity contribution in [3.05, 3.63) is 39.7 Å². The number of hydrogen-bond donors (Lipinski definition) is 2. The number of likely N-dealkylation sites (tertiary alicyclic amines) is 1. The van der Waals surface area contributed by atoms with Crippen LogP contribution in [0, 0.1) is 26.7 Å². The molecule has 2 saturated heterocycles. The zero-order valence-electron chi connectivity index (χ0n) is 22.8. The standard InChI is InChI=1S/C29H36N6O2S/c1-14(2)24-25-17(5)27(21-7-20-6-18(21)8-34(20)10-23(36)32-19-11-37-12-19)38-29(25)33-26(24)22-9-35-28(30-13-31-35)16(4)15(22)3/h9,13-14,18-21,33H,6-8,10-12H2,1-5H3,(H,32,36)/t18-,20?,21+/m0/s1. The Hall–Kier alpha value is -2.75. The van der Waals surface area contributed by atoms with Crippen molar-refractivity contribution >= 4 is 33.1 Å². The number of ether oxygens (including phenoxy) is 1. The number of aromatic amines is 1. The van der Waals surface area contributed by atoms with Crippen LogP contribution in [0.3, 0.4) is 0 Å². The average Bonchev–Trinajstić information content (AvgIpc) is 3.65. The van der Waals surface area contributed by atoms with Crippen molar-refractivity contribution in [1.82, 2.24) is 29.8 Å². The predicted octanol–water partition coefficient (Wildman–Crippen LogP) is 4.68. The average molecular weight is 533 g/mol. The van der Waals surface area contributed by atoms with E-state index in [4.69, 9.17) is 4.74 Å². The van der Waals surface area contributed by atoms with Crippen LogP contribution in [-0.2, 0) is 9.53 Å². The number of carbonyl (C=O) groups is 1. The summed E-state index contributed by atoms with van der Waals surface area (Å²) in [4.78, 5) is 26.0. The number of carbonyl (C=O) groups excluding carboxylic acids is 1. The first-order valence-electron chi connectivity index (χ1n) is 13.9. The molecule has 4 aromatic heterocycles. The number of piperidine rings is 1. The lowest BCUT2D eigenvalue weighted by atomic mass is 9.88. The number of aryl methyl sites for hydroxylation is 2. The molecule has 3 fully saturated rings. The van der Waals surface area contributed by atoms with Crippen LogP contribution < -0.4 is 5.32 Å². The largest absolute Gasteiger partial charge is 0.377 e. The molecule has 3 atom stereocenters. The van der Waals surface area contributed by atoms with Crippen molar-refractivity contribution in [3.63, 3.8) is 0 Å². The van der Waals surface area contributed by atoms with Gasteiger partial charge in [0, 0.05) is 34.6 Å². The number of hydrogen-bond acceptors (Lipinski definition) is 6. The van der Waals surface area contributed by atoms with Crippen LogP contribution >= 0.6 is 11.3 Å². The van der Waals surface area contributed by atoms with Crippen molar-refractivity contribution in [2.24, 2.45) is 5.92 Å². The molecule has 1 aliphatic carbocycles. The van der Waals surface area contributed by atoms with E-state index in [2.05, 4.69) is 66.1 Å². The van der Waals surface area contributed by atoms with E-state index in [0.717, 1.165) is 18.6 Å². The number of aromatic nitrogens is 4. The summed E-state index contributed by atoms with van der Waals surface area (Å²) < 4.78 is 7.09. The lowest BCUT2D eigenvalue weighted by Gasteiger charge is -2.32. The summed E-state index contributed by atoms with van der Waals surface area (Å²) in [6, 6.07) is 0.714. The Morgan fingerprint density at radius 2 is 2.03 bits per heavy atom. The van der Waals surface area contributed by atoms with E-state index in [-0.39, 0.29) is 11.9 Å². The van der Waals surface area contributed by atoms with Gasteiger partial charge in [-0.25, -0.2) is 9.50 Å². The molecule has 3 aliphatic rings. The lowest BCUT2D eigenvalue weighted by Crippen LogP contribution is -2.52. The van der Waals surface area contributed by atoms with Crippen molar-refractivity contribution in [2.75, 3.05) is 26.3 Å². The molecule has 0 radical (unpaired) electrons. The molecular formula is C29H36N6O2S. The van der Waals surface area contributed by atoms with Crippen LogP contribution in [0.1, 0.15) is 65.7 Å². The first-order chi connectivity index (χ1) is 18.3. The Morgan fingerprint density at radius 1 is 1.21 bits per heavy atom. The van der Waals surface area contributed by atoms with Crippen molar-refractivity contribution in [2.45, 2.75) is 71.4 Å². The number of amides is 1. The molecule has 2 aliphatic heterocycles. The van der Waals surface area contributed by atoms with Crippen molar-refractivity contribution in [3.8, 4) is 11.3 Å². The summed E-state index contributed by atoms with van der Waals surface area (Å²) in [6.45, 7) is 14.1. The number of rotatable bonds is 6. The van der Waals surface area contributed by atoms with E-state index in [0.29, 0.717) is 43.6 Å². The van der Waals surface area contributed by atoms with Gasteiger partial charge in [0.05, 0.1) is 31.5 Å². The number of nitrogens with zero attached hydrogens (tertiary/aromatic N) is 4. The van der Waals surface area contributed by atoms with Gasteiger partial charge in [-0.05, 0) is 73.6 Å². The van der Waals surface area contributed by atoms with Crippen molar-refractivity contribution in [1.29, 1.82) is 0 Å². The Kier molecular flexibility index (Phi) is 5.69. The molecule has 1 saturated carbocycles. The Morgan fingerprint density at radius 3 is 2.71 bits per heavy atom. The highest BCUT2D eigenvalue weighted by molar-refractivity contribution is 7.19. The number of fused-ring (bicyclic) bond motifs is 4. The minimum atomic E-state index is 0.145. The summed E-state index contributed by atoms with van der Waals surface area (Å²) in [7, 11) is 0. The van der Waals surface area contributed by atoms with E-state index in [1.165, 1.54) is 50.1 Å². The predicted molar refractivity (Wildman–Crippen MR) is 150 cm³/mol. The second-order valence-electron chi connectivity index (χ2n) is 11.9. The topological polar surface area (TPSA) is 87.5 Å². The molecule has 6 heterocycles. The third kappa shape index (κ3) is 3.66. The van der Waals surface area contributed by atoms with Gasteiger partial charge >= 0.3 is 0 Å². The maximum absolute atomic E-state index is 12.5. The highest BCUT2D eigenvalue weighted by Crippen LogP contribution is 2.53. The molecule has 1 amide bonds. The number of nitrogens with one attached hydrogen (secondary N) is 2. The minimum absolute atomic E-state index is 0.145.